The van der Waals surface area contributed by atoms with Crippen molar-refractivity contribution in [2.75, 3.05) is 13.1 Å². The number of rotatable bonds is 4. The Bertz CT molecular complexity index is 308. The third-order valence-corrected chi connectivity index (χ3v) is 3.46. The van der Waals surface area contributed by atoms with Crippen LogP contribution in [0.1, 0.15) is 40.5 Å². The summed E-state index contributed by atoms with van der Waals surface area (Å²) in [6, 6.07) is 0. The second-order valence-electron chi connectivity index (χ2n) is 5.42. The summed E-state index contributed by atoms with van der Waals surface area (Å²) >= 11 is 0. The van der Waals surface area contributed by atoms with Gasteiger partial charge in [-0.05, 0) is 20.8 Å². The lowest BCUT2D eigenvalue weighted by molar-refractivity contribution is -0.665. The van der Waals surface area contributed by atoms with Crippen LogP contribution in [0.5, 0.6) is 0 Å². The molecule has 5 nitrogen and oxygen atoms in total. The van der Waals surface area contributed by atoms with Gasteiger partial charge in [0.05, 0.1) is 13.1 Å². The fourth-order valence-corrected chi connectivity index (χ4v) is 2.34. The van der Waals surface area contributed by atoms with E-state index in [-0.39, 0.29) is 0 Å². The zero-order chi connectivity index (χ0) is 13.8. The highest BCUT2D eigenvalue weighted by Gasteiger charge is 2.36. The van der Waals surface area contributed by atoms with Gasteiger partial charge in [0.15, 0.2) is 6.10 Å². The van der Waals surface area contributed by atoms with Crippen LogP contribution in [-0.4, -0.2) is 36.7 Å². The monoisotopic (exact) mass is 258 g/mol. The first-order chi connectivity index (χ1) is 8.33. The summed E-state index contributed by atoms with van der Waals surface area (Å²) in [6.45, 7) is 8.83. The quantitative estimate of drug-likeness (QED) is 0.733. The summed E-state index contributed by atoms with van der Waals surface area (Å²) in [6.07, 6.45) is 1.25. The van der Waals surface area contributed by atoms with Crippen molar-refractivity contribution in [3.05, 3.63) is 0 Å². The highest BCUT2D eigenvalue weighted by Crippen LogP contribution is 2.28. The number of hydrogen-bond donors (Lipinski definition) is 1. The first kappa shape index (κ1) is 15.0. The molecule has 1 aliphatic rings. The molecule has 1 fully saturated rings. The number of nitrogens with two attached hydrogens (primary N) is 1. The molecule has 1 unspecified atom stereocenters. The first-order valence-electron chi connectivity index (χ1n) is 6.54. The molecule has 1 saturated heterocycles. The third-order valence-electron chi connectivity index (χ3n) is 3.46. The lowest BCUT2D eigenvalue weighted by Gasteiger charge is -2.36. The van der Waals surface area contributed by atoms with Gasteiger partial charge in [-0.2, -0.15) is 0 Å². The zero-order valence-electron chi connectivity index (χ0n) is 11.7. The molecular weight excluding hydrogens is 234 g/mol. The van der Waals surface area contributed by atoms with Gasteiger partial charge in [-0.25, -0.2) is 4.79 Å². The SMILES string of the molecule is CC(=O)OC(C)C(=O)OC(C)(C)C1CC[NH2+]CC1. The Morgan fingerprint density at radius 3 is 2.33 bits per heavy atom. The summed E-state index contributed by atoms with van der Waals surface area (Å²) in [7, 11) is 0. The molecular formula is C13H24NO4+. The number of hydrogen-bond acceptors (Lipinski definition) is 4. The second kappa shape index (κ2) is 6.18. The molecule has 1 aliphatic heterocycles. The molecule has 2 N–H and O–H groups in total. The molecule has 0 saturated carbocycles. The Morgan fingerprint density at radius 1 is 1.28 bits per heavy atom. The molecule has 0 amide bonds. The predicted molar refractivity (Wildman–Crippen MR) is 65.8 cm³/mol. The second-order valence-corrected chi connectivity index (χ2v) is 5.42. The average molecular weight is 258 g/mol. The van der Waals surface area contributed by atoms with E-state index in [1.807, 2.05) is 13.8 Å². The third kappa shape index (κ3) is 4.29. The van der Waals surface area contributed by atoms with Gasteiger partial charge in [0, 0.05) is 25.7 Å². The Morgan fingerprint density at radius 2 is 1.83 bits per heavy atom. The van der Waals surface area contributed by atoms with Crippen molar-refractivity contribution in [3.63, 3.8) is 0 Å². The normalized spacial score (nSPS) is 19.1. The van der Waals surface area contributed by atoms with Gasteiger partial charge in [0.1, 0.15) is 5.60 Å². The van der Waals surface area contributed by atoms with Gasteiger partial charge in [-0.15, -0.1) is 0 Å². The van der Waals surface area contributed by atoms with E-state index < -0.39 is 23.6 Å². The van der Waals surface area contributed by atoms with Crippen LogP contribution in [0.4, 0.5) is 0 Å². The molecule has 0 aromatic rings. The number of carbonyl (C=O) groups is 2. The summed E-state index contributed by atoms with van der Waals surface area (Å²) in [5.74, 6) is -0.565. The lowest BCUT2D eigenvalue weighted by Crippen LogP contribution is -2.86. The smallest absolute Gasteiger partial charge is 0.347 e. The van der Waals surface area contributed by atoms with Crippen molar-refractivity contribution in [1.82, 2.24) is 0 Å². The fourth-order valence-electron chi connectivity index (χ4n) is 2.34. The van der Waals surface area contributed by atoms with Gasteiger partial charge in [-0.3, -0.25) is 4.79 Å². The fraction of sp³-hybridized carbons (Fsp3) is 0.846. The van der Waals surface area contributed by atoms with Crippen LogP contribution in [0.2, 0.25) is 0 Å². The van der Waals surface area contributed by atoms with Gasteiger partial charge >= 0.3 is 11.9 Å². The molecule has 18 heavy (non-hydrogen) atoms. The van der Waals surface area contributed by atoms with Crippen LogP contribution in [0.3, 0.4) is 0 Å². The summed E-state index contributed by atoms with van der Waals surface area (Å²) in [5.41, 5.74) is -0.500. The Hall–Kier alpha value is -1.10. The molecule has 1 heterocycles. The molecule has 104 valence electrons. The standard InChI is InChI=1S/C13H23NO4/c1-9(17-10(2)15)12(16)18-13(3,4)11-5-7-14-8-6-11/h9,11,14H,5-8H2,1-4H3/p+1. The minimum atomic E-state index is -0.836. The number of carbonyl (C=O) groups excluding carboxylic acids is 2. The van der Waals surface area contributed by atoms with Gasteiger partial charge in [0.2, 0.25) is 0 Å². The molecule has 1 atom stereocenters. The van der Waals surface area contributed by atoms with Crippen molar-refractivity contribution in [1.29, 1.82) is 0 Å². The van der Waals surface area contributed by atoms with Gasteiger partial charge in [-0.1, -0.05) is 0 Å². The van der Waals surface area contributed by atoms with E-state index in [0.29, 0.717) is 5.92 Å². The zero-order valence-corrected chi connectivity index (χ0v) is 11.7. The Balaban J connectivity index is 2.52. The van der Waals surface area contributed by atoms with E-state index in [9.17, 15) is 9.59 Å². The van der Waals surface area contributed by atoms with Crippen LogP contribution in [0.15, 0.2) is 0 Å². The topological polar surface area (TPSA) is 69.2 Å². The highest BCUT2D eigenvalue weighted by molar-refractivity contribution is 5.78. The number of ether oxygens (including phenoxy) is 2. The molecule has 0 aliphatic carbocycles. The first-order valence-corrected chi connectivity index (χ1v) is 6.54. The molecule has 5 heteroatoms. The number of quaternary nitrogens is 1. The van der Waals surface area contributed by atoms with Crippen molar-refractivity contribution in [2.45, 2.75) is 52.2 Å². The summed E-state index contributed by atoms with van der Waals surface area (Å²) < 4.78 is 10.3. The Labute approximate surface area is 108 Å². The van der Waals surface area contributed by atoms with Crippen molar-refractivity contribution in [2.24, 2.45) is 5.92 Å². The molecule has 0 spiro atoms. The van der Waals surface area contributed by atoms with E-state index in [4.69, 9.17) is 9.47 Å². The Kier molecular flexibility index (Phi) is 5.14. The minimum absolute atomic E-state index is 0.371. The molecule has 0 aromatic heterocycles. The maximum absolute atomic E-state index is 11.8. The van der Waals surface area contributed by atoms with Crippen molar-refractivity contribution >= 4 is 11.9 Å². The van der Waals surface area contributed by atoms with Crippen LogP contribution >= 0.6 is 0 Å². The van der Waals surface area contributed by atoms with Crippen molar-refractivity contribution < 1.29 is 24.4 Å². The molecule has 0 bridgehead atoms. The van der Waals surface area contributed by atoms with Gasteiger partial charge in [0.25, 0.3) is 0 Å². The average Bonchev–Trinajstić information content (AvgIpc) is 2.28. The predicted octanol–water partition coefficient (Wildman–Crippen LogP) is 0.233. The van der Waals surface area contributed by atoms with Crippen LogP contribution in [0, 0.1) is 5.92 Å². The number of piperidine rings is 1. The molecule has 0 aromatic carbocycles. The molecule has 1 rings (SSSR count). The largest absolute Gasteiger partial charge is 0.457 e. The lowest BCUT2D eigenvalue weighted by atomic mass is 9.83. The van der Waals surface area contributed by atoms with Crippen LogP contribution in [-0.2, 0) is 19.1 Å². The summed E-state index contributed by atoms with van der Waals surface area (Å²) in [5, 5.41) is 2.27. The van der Waals surface area contributed by atoms with E-state index in [1.165, 1.54) is 13.8 Å². The van der Waals surface area contributed by atoms with Crippen LogP contribution in [0.25, 0.3) is 0 Å². The maximum Gasteiger partial charge on any atom is 0.347 e. The van der Waals surface area contributed by atoms with E-state index >= 15 is 0 Å². The minimum Gasteiger partial charge on any atom is -0.457 e. The van der Waals surface area contributed by atoms with Crippen molar-refractivity contribution in [3.8, 4) is 0 Å². The van der Waals surface area contributed by atoms with Gasteiger partial charge < -0.3 is 14.8 Å². The van der Waals surface area contributed by atoms with E-state index in [0.717, 1.165) is 25.9 Å². The summed E-state index contributed by atoms with van der Waals surface area (Å²) in [4.78, 5) is 22.6. The van der Waals surface area contributed by atoms with E-state index in [1.54, 1.807) is 0 Å². The highest BCUT2D eigenvalue weighted by atomic mass is 16.6. The number of esters is 2. The maximum atomic E-state index is 11.8. The van der Waals surface area contributed by atoms with E-state index in [2.05, 4.69) is 5.32 Å². The van der Waals surface area contributed by atoms with Crippen LogP contribution < -0.4 is 5.32 Å². The molecule has 0 radical (unpaired) electrons.